The smallest absolute Gasteiger partial charge is 0.264 e. The van der Waals surface area contributed by atoms with Crippen molar-refractivity contribution in [2.45, 2.75) is 77.9 Å². The predicted molar refractivity (Wildman–Crippen MR) is 161 cm³/mol. The van der Waals surface area contributed by atoms with Gasteiger partial charge in [0.2, 0.25) is 11.8 Å². The molecule has 0 bridgehead atoms. The Morgan fingerprint density at radius 2 is 1.45 bits per heavy atom. The molecule has 2 unspecified atom stereocenters. The lowest BCUT2D eigenvalue weighted by Gasteiger charge is -2.33. The fourth-order valence-electron chi connectivity index (χ4n) is 4.42. The van der Waals surface area contributed by atoms with Crippen molar-refractivity contribution in [1.82, 2.24) is 10.2 Å². The second-order valence-electron chi connectivity index (χ2n) is 10.2. The maximum atomic E-state index is 14.1. The highest BCUT2D eigenvalue weighted by Gasteiger charge is 2.33. The van der Waals surface area contributed by atoms with Gasteiger partial charge in [-0.25, -0.2) is 8.42 Å². The Balaban J connectivity index is 2.07. The van der Waals surface area contributed by atoms with Crippen LogP contribution in [0.3, 0.4) is 0 Å². The number of rotatable bonds is 12. The van der Waals surface area contributed by atoms with Crippen LogP contribution in [0, 0.1) is 13.8 Å². The van der Waals surface area contributed by atoms with Gasteiger partial charge in [0.15, 0.2) is 0 Å². The Bertz CT molecular complexity index is 1420. The second-order valence-corrected chi connectivity index (χ2v) is 12.1. The summed E-state index contributed by atoms with van der Waals surface area (Å²) >= 11 is 0. The van der Waals surface area contributed by atoms with Crippen LogP contribution in [0.15, 0.2) is 77.7 Å². The molecule has 7 nitrogen and oxygen atoms in total. The van der Waals surface area contributed by atoms with Crippen molar-refractivity contribution >= 4 is 27.5 Å². The number of sulfonamides is 1. The summed E-state index contributed by atoms with van der Waals surface area (Å²) in [5.41, 5.74) is 4.06. The van der Waals surface area contributed by atoms with Crippen LogP contribution in [0.25, 0.3) is 0 Å². The van der Waals surface area contributed by atoms with E-state index in [1.165, 1.54) is 9.21 Å². The molecule has 0 aliphatic heterocycles. The van der Waals surface area contributed by atoms with Gasteiger partial charge in [0.05, 0.1) is 10.6 Å². The van der Waals surface area contributed by atoms with Gasteiger partial charge in [0, 0.05) is 12.6 Å². The topological polar surface area (TPSA) is 86.8 Å². The molecule has 0 aliphatic rings. The summed E-state index contributed by atoms with van der Waals surface area (Å²) in [7, 11) is -4.10. The summed E-state index contributed by atoms with van der Waals surface area (Å²) in [6, 6.07) is 20.6. The van der Waals surface area contributed by atoms with Gasteiger partial charge in [0.25, 0.3) is 10.0 Å². The Labute approximate surface area is 239 Å². The maximum absolute atomic E-state index is 14.1. The van der Waals surface area contributed by atoms with Crippen molar-refractivity contribution in [3.8, 4) is 0 Å². The summed E-state index contributed by atoms with van der Waals surface area (Å²) in [4.78, 5) is 28.9. The van der Waals surface area contributed by atoms with E-state index in [1.807, 2.05) is 71.0 Å². The number of carbonyl (C=O) groups is 2. The first kappa shape index (κ1) is 30.9. The standard InChI is InChI=1S/C32H41N3O4S/c1-7-25(5)33-32(37)26(6)34(21-28-15-10-9-13-24(28)4)31(36)22-35(30-16-12-11-14-27(30)8-2)40(38,39)29-19-17-23(3)18-20-29/h9-20,25-26H,7-8,21-22H2,1-6H3,(H,33,37). The summed E-state index contributed by atoms with van der Waals surface area (Å²) in [6.45, 7) is 11.1. The van der Waals surface area contributed by atoms with E-state index in [1.54, 1.807) is 43.3 Å². The minimum atomic E-state index is -4.10. The van der Waals surface area contributed by atoms with Gasteiger partial charge in [-0.15, -0.1) is 0 Å². The SMILES string of the molecule is CCc1ccccc1N(CC(=O)N(Cc1ccccc1C)C(C)C(=O)NC(C)CC)S(=O)(=O)c1ccc(C)cc1. The third-order valence-electron chi connectivity index (χ3n) is 7.30. The molecule has 3 aromatic carbocycles. The lowest BCUT2D eigenvalue weighted by atomic mass is 10.1. The number of nitrogens with zero attached hydrogens (tertiary/aromatic N) is 2. The molecule has 1 N–H and O–H groups in total. The molecule has 0 aliphatic carbocycles. The largest absolute Gasteiger partial charge is 0.352 e. The number of nitrogens with one attached hydrogen (secondary N) is 1. The average molecular weight is 564 g/mol. The molecular weight excluding hydrogens is 522 g/mol. The van der Waals surface area contributed by atoms with Gasteiger partial charge < -0.3 is 10.2 Å². The van der Waals surface area contributed by atoms with E-state index in [4.69, 9.17) is 0 Å². The highest BCUT2D eigenvalue weighted by atomic mass is 32.2. The highest BCUT2D eigenvalue weighted by molar-refractivity contribution is 7.92. The molecular formula is C32H41N3O4S. The Morgan fingerprint density at radius 3 is 2.05 bits per heavy atom. The zero-order valence-corrected chi connectivity index (χ0v) is 25.2. The molecule has 214 valence electrons. The van der Waals surface area contributed by atoms with Crippen molar-refractivity contribution in [2.24, 2.45) is 0 Å². The van der Waals surface area contributed by atoms with Crippen LogP contribution in [0.4, 0.5) is 5.69 Å². The molecule has 3 aromatic rings. The first-order valence-electron chi connectivity index (χ1n) is 13.8. The predicted octanol–water partition coefficient (Wildman–Crippen LogP) is 5.39. The van der Waals surface area contributed by atoms with E-state index in [-0.39, 0.29) is 23.4 Å². The number of hydrogen-bond donors (Lipinski definition) is 1. The summed E-state index contributed by atoms with van der Waals surface area (Å²) in [5, 5.41) is 2.97. The summed E-state index contributed by atoms with van der Waals surface area (Å²) in [5.74, 6) is -0.741. The van der Waals surface area contributed by atoms with E-state index in [2.05, 4.69) is 5.32 Å². The number of amides is 2. The number of carbonyl (C=O) groups excluding carboxylic acids is 2. The molecule has 0 radical (unpaired) electrons. The third-order valence-corrected chi connectivity index (χ3v) is 9.07. The minimum absolute atomic E-state index is 0.0554. The van der Waals surface area contributed by atoms with E-state index in [0.717, 1.165) is 28.7 Å². The van der Waals surface area contributed by atoms with E-state index in [9.17, 15) is 18.0 Å². The number of hydrogen-bond acceptors (Lipinski definition) is 4. The van der Waals surface area contributed by atoms with Gasteiger partial charge in [-0.1, -0.05) is 74.0 Å². The van der Waals surface area contributed by atoms with Crippen molar-refractivity contribution in [3.05, 3.63) is 95.1 Å². The molecule has 0 spiro atoms. The quantitative estimate of drug-likeness (QED) is 0.320. The van der Waals surface area contributed by atoms with Gasteiger partial charge in [0.1, 0.15) is 12.6 Å². The lowest BCUT2D eigenvalue weighted by molar-refractivity contribution is -0.139. The number of para-hydroxylation sites is 1. The molecule has 0 aromatic heterocycles. The van der Waals surface area contributed by atoms with Crippen LogP contribution in [0.1, 0.15) is 56.4 Å². The second kappa shape index (κ2) is 13.6. The van der Waals surface area contributed by atoms with Crippen LogP contribution < -0.4 is 9.62 Å². The number of benzene rings is 3. The maximum Gasteiger partial charge on any atom is 0.264 e. The number of anilines is 1. The van der Waals surface area contributed by atoms with Crippen LogP contribution in [0.2, 0.25) is 0 Å². The monoisotopic (exact) mass is 563 g/mol. The van der Waals surface area contributed by atoms with E-state index in [0.29, 0.717) is 12.1 Å². The van der Waals surface area contributed by atoms with Crippen LogP contribution >= 0.6 is 0 Å². The van der Waals surface area contributed by atoms with Crippen molar-refractivity contribution in [2.75, 3.05) is 10.8 Å². The van der Waals surface area contributed by atoms with Crippen LogP contribution in [-0.4, -0.2) is 43.8 Å². The van der Waals surface area contributed by atoms with Gasteiger partial charge >= 0.3 is 0 Å². The fourth-order valence-corrected chi connectivity index (χ4v) is 5.88. The van der Waals surface area contributed by atoms with Crippen molar-refractivity contribution in [1.29, 1.82) is 0 Å². The first-order chi connectivity index (χ1) is 19.0. The summed E-state index contributed by atoms with van der Waals surface area (Å²) < 4.78 is 29.3. The molecule has 0 saturated carbocycles. The van der Waals surface area contributed by atoms with Crippen LogP contribution in [0.5, 0.6) is 0 Å². The first-order valence-corrected chi connectivity index (χ1v) is 15.2. The minimum Gasteiger partial charge on any atom is -0.352 e. The molecule has 0 fully saturated rings. The molecule has 3 rings (SSSR count). The average Bonchev–Trinajstić information content (AvgIpc) is 2.95. The van der Waals surface area contributed by atoms with Gasteiger partial charge in [-0.3, -0.25) is 13.9 Å². The van der Waals surface area contributed by atoms with E-state index < -0.39 is 28.5 Å². The van der Waals surface area contributed by atoms with Crippen molar-refractivity contribution in [3.63, 3.8) is 0 Å². The van der Waals surface area contributed by atoms with E-state index >= 15 is 0 Å². The Kier molecular flexibility index (Phi) is 10.5. The Hall–Kier alpha value is -3.65. The molecule has 2 atom stereocenters. The van der Waals surface area contributed by atoms with Crippen molar-refractivity contribution < 1.29 is 18.0 Å². The highest BCUT2D eigenvalue weighted by Crippen LogP contribution is 2.28. The molecule has 40 heavy (non-hydrogen) atoms. The van der Waals surface area contributed by atoms with Crippen LogP contribution in [-0.2, 0) is 32.6 Å². The molecule has 0 saturated heterocycles. The fraction of sp³-hybridized carbons (Fsp3) is 0.375. The lowest BCUT2D eigenvalue weighted by Crippen LogP contribution is -2.52. The normalized spacial score (nSPS) is 12.8. The Morgan fingerprint density at radius 1 is 0.850 bits per heavy atom. The number of aryl methyl sites for hydroxylation is 3. The zero-order valence-electron chi connectivity index (χ0n) is 24.3. The zero-order chi connectivity index (χ0) is 29.4. The molecule has 0 heterocycles. The van der Waals surface area contributed by atoms with Gasteiger partial charge in [-0.2, -0.15) is 0 Å². The summed E-state index contributed by atoms with van der Waals surface area (Å²) in [6.07, 6.45) is 1.34. The van der Waals surface area contributed by atoms with Gasteiger partial charge in [-0.05, 0) is 75.4 Å². The molecule has 8 heteroatoms. The molecule has 2 amide bonds. The third kappa shape index (κ3) is 7.30.